The number of aliphatic imine (C=N–C) groups is 1. The van der Waals surface area contributed by atoms with Crippen LogP contribution >= 0.6 is 0 Å². The second-order valence-corrected chi connectivity index (χ2v) is 8.05. The van der Waals surface area contributed by atoms with E-state index < -0.39 is 0 Å². The third-order valence-electron chi connectivity index (χ3n) is 5.70. The number of methoxy groups -OCH3 is 1. The Hall–Kier alpha value is -2.37. The number of carbonyl (C=O) groups is 1. The standard InChI is InChI=1S/C24H42N5O3/c1-20(19-23(25)26-3)28(24(27-4)11-10-16-31-5)14-8-6-7-9-15-29(21(2)30)22-12-17-32-18-13-22/h3,19,22H,1,6-18,25H2,2,4-5H3/q+1/b23-19-,27-24?. The van der Waals surface area contributed by atoms with E-state index in [1.807, 2.05) is 4.90 Å². The normalized spacial score (nSPS) is 15.3. The van der Waals surface area contributed by atoms with E-state index >= 15 is 0 Å². The van der Waals surface area contributed by atoms with Gasteiger partial charge in [0.25, 0.3) is 0 Å². The molecule has 1 saturated heterocycles. The highest BCUT2D eigenvalue weighted by Crippen LogP contribution is 2.17. The smallest absolute Gasteiger partial charge is 0.378 e. The number of carbonyl (C=O) groups excluding carboxylic acids is 1. The van der Waals surface area contributed by atoms with Crippen LogP contribution < -0.4 is 5.73 Å². The zero-order valence-corrected chi connectivity index (χ0v) is 20.2. The van der Waals surface area contributed by atoms with E-state index in [1.165, 1.54) is 0 Å². The van der Waals surface area contributed by atoms with Gasteiger partial charge in [-0.1, -0.05) is 19.4 Å². The van der Waals surface area contributed by atoms with Crippen molar-refractivity contribution < 1.29 is 14.3 Å². The van der Waals surface area contributed by atoms with Gasteiger partial charge in [0.05, 0.1) is 6.08 Å². The number of unbranched alkanes of at least 4 members (excludes halogenated alkanes) is 3. The molecule has 0 radical (unpaired) electrons. The van der Waals surface area contributed by atoms with Gasteiger partial charge in [-0.05, 0) is 32.1 Å². The van der Waals surface area contributed by atoms with Crippen molar-refractivity contribution in [2.45, 2.75) is 64.3 Å². The molecule has 8 nitrogen and oxygen atoms in total. The molecule has 2 N–H and O–H groups in total. The maximum atomic E-state index is 12.1. The zero-order chi connectivity index (χ0) is 23.8. The number of amidine groups is 1. The third kappa shape index (κ3) is 10.3. The van der Waals surface area contributed by atoms with Gasteiger partial charge in [0.15, 0.2) is 0 Å². The first kappa shape index (κ1) is 27.7. The highest BCUT2D eigenvalue weighted by atomic mass is 16.5. The Morgan fingerprint density at radius 2 is 1.91 bits per heavy atom. The zero-order valence-electron chi connectivity index (χ0n) is 20.2. The van der Waals surface area contributed by atoms with E-state index in [-0.39, 0.29) is 11.7 Å². The number of rotatable bonds is 14. The summed E-state index contributed by atoms with van der Waals surface area (Å²) in [6.45, 7) is 14.8. The van der Waals surface area contributed by atoms with Gasteiger partial charge in [0.1, 0.15) is 12.4 Å². The third-order valence-corrected chi connectivity index (χ3v) is 5.70. The molecule has 0 bridgehead atoms. The molecule has 1 heterocycles. The highest BCUT2D eigenvalue weighted by Gasteiger charge is 2.23. The second-order valence-electron chi connectivity index (χ2n) is 8.05. The van der Waals surface area contributed by atoms with Gasteiger partial charge in [0, 0.05) is 72.2 Å². The number of ether oxygens (including phenoxy) is 2. The van der Waals surface area contributed by atoms with Crippen molar-refractivity contribution in [3.63, 3.8) is 0 Å². The lowest BCUT2D eigenvalue weighted by Gasteiger charge is -2.33. The van der Waals surface area contributed by atoms with Crippen LogP contribution in [0, 0.1) is 6.57 Å². The Balaban J connectivity index is 2.55. The Bertz CT molecular complexity index is 678. The molecule has 0 aromatic heterocycles. The summed E-state index contributed by atoms with van der Waals surface area (Å²) >= 11 is 0. The number of amides is 1. The summed E-state index contributed by atoms with van der Waals surface area (Å²) in [5, 5.41) is 0. The maximum absolute atomic E-state index is 12.1. The lowest BCUT2D eigenvalue weighted by molar-refractivity contribution is -0.133. The Kier molecular flexibility index (Phi) is 14.1. The van der Waals surface area contributed by atoms with Crippen LogP contribution in [0.3, 0.4) is 0 Å². The van der Waals surface area contributed by atoms with Crippen LogP contribution in [0.1, 0.15) is 58.3 Å². The molecule has 0 saturated carbocycles. The summed E-state index contributed by atoms with van der Waals surface area (Å²) < 4.78 is 10.6. The molecule has 1 amide bonds. The average Bonchev–Trinajstić information content (AvgIpc) is 2.79. The summed E-state index contributed by atoms with van der Waals surface area (Å²) in [7, 11) is 3.48. The molecule has 0 aromatic carbocycles. The van der Waals surface area contributed by atoms with Crippen LogP contribution in [0.2, 0.25) is 0 Å². The van der Waals surface area contributed by atoms with Crippen LogP contribution in [-0.2, 0) is 14.3 Å². The van der Waals surface area contributed by atoms with E-state index in [0.29, 0.717) is 12.6 Å². The SMILES string of the molecule is C#[N+]/C(N)=C\C(=C)N(CCCCCCN(C(C)=O)C1CCOCC1)C(CCCOC)=NC. The van der Waals surface area contributed by atoms with Crippen LogP contribution in [0.5, 0.6) is 0 Å². The van der Waals surface area contributed by atoms with Crippen molar-refractivity contribution in [1.29, 1.82) is 0 Å². The first-order chi connectivity index (χ1) is 15.4. The minimum Gasteiger partial charge on any atom is -0.385 e. The summed E-state index contributed by atoms with van der Waals surface area (Å²) in [6, 6.07) is 0.320. The molecule has 0 spiro atoms. The minimum atomic E-state index is 0.161. The average molecular weight is 449 g/mol. The molecule has 1 fully saturated rings. The second kappa shape index (κ2) is 16.3. The first-order valence-corrected chi connectivity index (χ1v) is 11.6. The van der Waals surface area contributed by atoms with E-state index in [0.717, 1.165) is 89.2 Å². The molecule has 0 atom stereocenters. The number of allylic oxidation sites excluding steroid dienone is 1. The van der Waals surface area contributed by atoms with Crippen LogP contribution in [0.25, 0.3) is 4.85 Å². The van der Waals surface area contributed by atoms with Gasteiger partial charge in [-0.25, -0.2) is 0 Å². The molecule has 8 heteroatoms. The van der Waals surface area contributed by atoms with E-state index in [1.54, 1.807) is 27.2 Å². The van der Waals surface area contributed by atoms with Crippen molar-refractivity contribution in [1.82, 2.24) is 9.80 Å². The molecule has 1 aliphatic rings. The first-order valence-electron chi connectivity index (χ1n) is 11.6. The topological polar surface area (TPSA) is 84.8 Å². The number of nitrogens with two attached hydrogens (primary N) is 1. The van der Waals surface area contributed by atoms with E-state index in [9.17, 15) is 4.79 Å². The number of nitrogens with zero attached hydrogens (tertiary/aromatic N) is 4. The van der Waals surface area contributed by atoms with Crippen molar-refractivity contribution in [3.05, 3.63) is 29.0 Å². The summed E-state index contributed by atoms with van der Waals surface area (Å²) in [6.07, 6.45) is 9.29. The van der Waals surface area contributed by atoms with Gasteiger partial charge in [-0.2, -0.15) is 4.85 Å². The fourth-order valence-corrected chi connectivity index (χ4v) is 3.97. The molecule has 180 valence electrons. The van der Waals surface area contributed by atoms with Crippen molar-refractivity contribution in [2.24, 2.45) is 10.7 Å². The molecule has 0 aliphatic carbocycles. The van der Waals surface area contributed by atoms with Crippen molar-refractivity contribution >= 4 is 11.7 Å². The predicted octanol–water partition coefficient (Wildman–Crippen LogP) is 3.61. The Morgan fingerprint density at radius 3 is 2.47 bits per heavy atom. The van der Waals surface area contributed by atoms with Gasteiger partial charge in [-0.15, -0.1) is 0 Å². The lowest BCUT2D eigenvalue weighted by Crippen LogP contribution is -2.42. The Labute approximate surface area is 193 Å². The van der Waals surface area contributed by atoms with Crippen molar-refractivity contribution in [2.75, 3.05) is 47.1 Å². The molecule has 0 unspecified atom stereocenters. The number of hydrogen-bond acceptors (Lipinski definition) is 5. The molecule has 0 aromatic rings. The highest BCUT2D eigenvalue weighted by molar-refractivity contribution is 5.84. The van der Waals surface area contributed by atoms with Gasteiger partial charge >= 0.3 is 5.82 Å². The molecular formula is C24H42N5O3+. The van der Waals surface area contributed by atoms with Crippen molar-refractivity contribution in [3.8, 4) is 6.57 Å². The Morgan fingerprint density at radius 1 is 1.25 bits per heavy atom. The molecule has 1 aliphatic heterocycles. The van der Waals surface area contributed by atoms with Gasteiger partial charge in [0.2, 0.25) is 5.91 Å². The quantitative estimate of drug-likeness (QED) is 0.190. The van der Waals surface area contributed by atoms with Crippen LogP contribution in [0.4, 0.5) is 0 Å². The maximum Gasteiger partial charge on any atom is 0.378 e. The van der Waals surface area contributed by atoms with Crippen LogP contribution in [-0.4, -0.2) is 74.7 Å². The van der Waals surface area contributed by atoms with Gasteiger partial charge < -0.3 is 19.3 Å². The van der Waals surface area contributed by atoms with Crippen LogP contribution in [0.15, 0.2) is 29.2 Å². The summed E-state index contributed by atoms with van der Waals surface area (Å²) in [4.78, 5) is 24.2. The van der Waals surface area contributed by atoms with E-state index in [2.05, 4.69) is 21.3 Å². The fourth-order valence-electron chi connectivity index (χ4n) is 3.97. The predicted molar refractivity (Wildman–Crippen MR) is 131 cm³/mol. The van der Waals surface area contributed by atoms with E-state index in [4.69, 9.17) is 21.8 Å². The lowest BCUT2D eigenvalue weighted by atomic mass is 10.1. The molecule has 32 heavy (non-hydrogen) atoms. The minimum absolute atomic E-state index is 0.161. The monoisotopic (exact) mass is 448 g/mol. The van der Waals surface area contributed by atoms with Gasteiger partial charge in [-0.3, -0.25) is 15.5 Å². The number of hydrogen-bond donors (Lipinski definition) is 1. The summed E-state index contributed by atoms with van der Waals surface area (Å²) in [5.41, 5.74) is 6.48. The molecular weight excluding hydrogens is 406 g/mol. The fraction of sp³-hybridized carbons (Fsp3) is 0.708. The molecule has 1 rings (SSSR count). The summed E-state index contributed by atoms with van der Waals surface area (Å²) in [5.74, 6) is 1.33. The largest absolute Gasteiger partial charge is 0.385 e.